The quantitative estimate of drug-likeness (QED) is 0.488. The van der Waals surface area contributed by atoms with Crippen LogP contribution in [-0.2, 0) is 0 Å². The third-order valence-corrected chi connectivity index (χ3v) is 2.51. The van der Waals surface area contributed by atoms with Crippen LogP contribution in [0.5, 0.6) is 0 Å². The van der Waals surface area contributed by atoms with Crippen molar-refractivity contribution in [1.82, 2.24) is 10.2 Å². The topological polar surface area (TPSA) is 15.3 Å². The molecule has 68 valence electrons. The van der Waals surface area contributed by atoms with Gasteiger partial charge >= 0.3 is 0 Å². The van der Waals surface area contributed by atoms with Crippen molar-refractivity contribution in [2.24, 2.45) is 0 Å². The van der Waals surface area contributed by atoms with Crippen molar-refractivity contribution in [1.29, 1.82) is 0 Å². The number of likely N-dealkylation sites (N-methyl/N-ethyl adjacent to an activating group) is 1. The first-order valence-electron chi connectivity index (χ1n) is 4.76. The molecule has 0 aromatic carbocycles. The van der Waals surface area contributed by atoms with Gasteiger partial charge in [0.25, 0.3) is 0 Å². The zero-order chi connectivity index (χ0) is 8.81. The Balaban J connectivity index is 2.18. The second-order valence-electron chi connectivity index (χ2n) is 3.26. The second-order valence-corrected chi connectivity index (χ2v) is 3.26. The van der Waals surface area contributed by atoms with Crippen molar-refractivity contribution in [2.45, 2.75) is 25.8 Å². The lowest BCUT2D eigenvalue weighted by atomic mass is 10.2. The first-order valence-corrected chi connectivity index (χ1v) is 4.76. The van der Waals surface area contributed by atoms with Gasteiger partial charge in [0.05, 0.1) is 6.54 Å². The van der Waals surface area contributed by atoms with Crippen LogP contribution in [0.15, 0.2) is 0 Å². The maximum absolute atomic E-state index is 5.15. The average molecular weight is 166 g/mol. The van der Waals surface area contributed by atoms with E-state index >= 15 is 0 Å². The highest BCUT2D eigenvalue weighted by molar-refractivity contribution is 4.88. The summed E-state index contributed by atoms with van der Waals surface area (Å²) < 4.78 is 0. The van der Waals surface area contributed by atoms with Crippen molar-refractivity contribution < 1.29 is 0 Å². The van der Waals surface area contributed by atoms with E-state index in [1.54, 1.807) is 0 Å². The third kappa shape index (κ3) is 2.51. The van der Waals surface area contributed by atoms with Gasteiger partial charge in [-0.1, -0.05) is 12.8 Å². The fourth-order valence-electron chi connectivity index (χ4n) is 1.85. The second kappa shape index (κ2) is 5.18. The standard InChI is InChI=1S/C10H18N2/c1-3-7-11-9-10-6-5-8-12(10)4-2/h1,10-11H,4-9H2,2H3. The van der Waals surface area contributed by atoms with Crippen molar-refractivity contribution >= 4 is 0 Å². The Kier molecular flexibility index (Phi) is 4.13. The summed E-state index contributed by atoms with van der Waals surface area (Å²) in [4.78, 5) is 2.52. The Morgan fingerprint density at radius 3 is 3.17 bits per heavy atom. The number of terminal acetylenes is 1. The molecule has 0 aromatic heterocycles. The van der Waals surface area contributed by atoms with Crippen LogP contribution in [0.3, 0.4) is 0 Å². The Morgan fingerprint density at radius 1 is 1.67 bits per heavy atom. The lowest BCUT2D eigenvalue weighted by Gasteiger charge is -2.22. The minimum atomic E-state index is 0.702. The maximum atomic E-state index is 5.15. The van der Waals surface area contributed by atoms with Gasteiger partial charge in [0.15, 0.2) is 0 Å². The molecule has 12 heavy (non-hydrogen) atoms. The highest BCUT2D eigenvalue weighted by Crippen LogP contribution is 2.15. The molecule has 1 aliphatic heterocycles. The Labute approximate surface area is 75.3 Å². The number of nitrogens with zero attached hydrogens (tertiary/aromatic N) is 1. The zero-order valence-corrected chi connectivity index (χ0v) is 7.84. The molecule has 0 amide bonds. The molecule has 1 saturated heterocycles. The van der Waals surface area contributed by atoms with Gasteiger partial charge in [-0.25, -0.2) is 0 Å². The van der Waals surface area contributed by atoms with Gasteiger partial charge in [0.2, 0.25) is 0 Å². The Bertz CT molecular complexity index is 160. The lowest BCUT2D eigenvalue weighted by molar-refractivity contribution is 0.262. The van der Waals surface area contributed by atoms with Crippen LogP contribution < -0.4 is 5.32 Å². The van der Waals surface area contributed by atoms with E-state index in [0.29, 0.717) is 6.54 Å². The summed E-state index contributed by atoms with van der Waals surface area (Å²) in [5.74, 6) is 2.59. The highest BCUT2D eigenvalue weighted by Gasteiger charge is 2.21. The van der Waals surface area contributed by atoms with Gasteiger partial charge in [-0.3, -0.25) is 4.90 Å². The van der Waals surface area contributed by atoms with Gasteiger partial charge in [-0.2, -0.15) is 0 Å². The molecular formula is C10H18N2. The Morgan fingerprint density at radius 2 is 2.50 bits per heavy atom. The van der Waals surface area contributed by atoms with Crippen LogP contribution in [0.25, 0.3) is 0 Å². The summed E-state index contributed by atoms with van der Waals surface area (Å²) in [6.07, 6.45) is 7.82. The number of likely N-dealkylation sites (tertiary alicyclic amines) is 1. The minimum absolute atomic E-state index is 0.702. The first-order chi connectivity index (χ1) is 5.88. The summed E-state index contributed by atoms with van der Waals surface area (Å²) in [6.45, 7) is 6.41. The molecule has 0 saturated carbocycles. The molecule has 0 aromatic rings. The maximum Gasteiger partial charge on any atom is 0.0574 e. The number of hydrogen-bond acceptors (Lipinski definition) is 2. The molecule has 1 unspecified atom stereocenters. The van der Waals surface area contributed by atoms with E-state index in [2.05, 4.69) is 23.1 Å². The van der Waals surface area contributed by atoms with E-state index in [0.717, 1.165) is 12.6 Å². The van der Waals surface area contributed by atoms with Crippen molar-refractivity contribution in [2.75, 3.05) is 26.2 Å². The largest absolute Gasteiger partial charge is 0.305 e. The van der Waals surface area contributed by atoms with E-state index in [1.165, 1.54) is 25.9 Å². The Hall–Kier alpha value is -0.520. The highest BCUT2D eigenvalue weighted by atomic mass is 15.2. The number of hydrogen-bond donors (Lipinski definition) is 1. The van der Waals surface area contributed by atoms with Crippen LogP contribution in [0.4, 0.5) is 0 Å². The normalized spacial score (nSPS) is 24.2. The summed E-state index contributed by atoms with van der Waals surface area (Å²) in [7, 11) is 0. The SMILES string of the molecule is C#CCNCC1CCCN1CC. The fourth-order valence-corrected chi connectivity index (χ4v) is 1.85. The third-order valence-electron chi connectivity index (χ3n) is 2.51. The van der Waals surface area contributed by atoms with Gasteiger partial charge in [-0.15, -0.1) is 6.42 Å². The summed E-state index contributed by atoms with van der Waals surface area (Å²) in [6, 6.07) is 0.725. The van der Waals surface area contributed by atoms with E-state index in [9.17, 15) is 0 Å². The van der Waals surface area contributed by atoms with E-state index in [4.69, 9.17) is 6.42 Å². The number of nitrogens with one attached hydrogen (secondary N) is 1. The lowest BCUT2D eigenvalue weighted by Crippen LogP contribution is -2.37. The van der Waals surface area contributed by atoms with Gasteiger partial charge in [0, 0.05) is 12.6 Å². The smallest absolute Gasteiger partial charge is 0.0574 e. The molecule has 0 spiro atoms. The minimum Gasteiger partial charge on any atom is -0.305 e. The predicted octanol–water partition coefficient (Wildman–Crippen LogP) is 0.694. The molecule has 0 radical (unpaired) electrons. The van der Waals surface area contributed by atoms with Crippen molar-refractivity contribution in [3.63, 3.8) is 0 Å². The van der Waals surface area contributed by atoms with Gasteiger partial charge in [0.1, 0.15) is 0 Å². The van der Waals surface area contributed by atoms with Crippen LogP contribution in [0.2, 0.25) is 0 Å². The van der Waals surface area contributed by atoms with Crippen LogP contribution in [0.1, 0.15) is 19.8 Å². The molecule has 1 N–H and O–H groups in total. The summed E-state index contributed by atoms with van der Waals surface area (Å²) >= 11 is 0. The summed E-state index contributed by atoms with van der Waals surface area (Å²) in [5, 5.41) is 3.26. The van der Waals surface area contributed by atoms with Crippen molar-refractivity contribution in [3.05, 3.63) is 0 Å². The molecule has 2 heteroatoms. The summed E-state index contributed by atoms with van der Waals surface area (Å²) in [5.41, 5.74) is 0. The molecule has 1 fully saturated rings. The van der Waals surface area contributed by atoms with E-state index in [1.807, 2.05) is 0 Å². The molecule has 1 heterocycles. The van der Waals surface area contributed by atoms with Crippen LogP contribution in [-0.4, -0.2) is 37.1 Å². The number of rotatable bonds is 4. The molecular weight excluding hydrogens is 148 g/mol. The monoisotopic (exact) mass is 166 g/mol. The van der Waals surface area contributed by atoms with E-state index in [-0.39, 0.29) is 0 Å². The predicted molar refractivity (Wildman–Crippen MR) is 52.0 cm³/mol. The molecule has 0 bridgehead atoms. The van der Waals surface area contributed by atoms with Gasteiger partial charge in [-0.05, 0) is 25.9 Å². The fraction of sp³-hybridized carbons (Fsp3) is 0.800. The average Bonchev–Trinajstić information content (AvgIpc) is 2.52. The molecule has 1 aliphatic rings. The molecule has 1 atom stereocenters. The van der Waals surface area contributed by atoms with Gasteiger partial charge < -0.3 is 5.32 Å². The molecule has 1 rings (SSSR count). The molecule has 2 nitrogen and oxygen atoms in total. The van der Waals surface area contributed by atoms with Crippen molar-refractivity contribution in [3.8, 4) is 12.3 Å². The first kappa shape index (κ1) is 9.57. The molecule has 0 aliphatic carbocycles. The van der Waals surface area contributed by atoms with Crippen LogP contribution in [0, 0.1) is 12.3 Å². The zero-order valence-electron chi connectivity index (χ0n) is 7.84. The van der Waals surface area contributed by atoms with E-state index < -0.39 is 0 Å². The van der Waals surface area contributed by atoms with Crippen LogP contribution >= 0.6 is 0 Å².